The molecule has 2 atom stereocenters. The normalized spacial score (nSPS) is 20.7. The molecule has 1 aromatic rings. The molecule has 0 aliphatic heterocycles. The Labute approximate surface area is 117 Å². The van der Waals surface area contributed by atoms with E-state index < -0.39 is 0 Å². The zero-order valence-electron chi connectivity index (χ0n) is 12.7. The van der Waals surface area contributed by atoms with Crippen molar-refractivity contribution in [2.75, 3.05) is 6.54 Å². The van der Waals surface area contributed by atoms with Gasteiger partial charge in [0.25, 0.3) is 0 Å². The maximum atomic E-state index is 4.61. The van der Waals surface area contributed by atoms with Crippen LogP contribution < -0.4 is 5.32 Å². The molecule has 1 heterocycles. The topological polar surface area (TPSA) is 29.9 Å². The summed E-state index contributed by atoms with van der Waals surface area (Å²) in [6.07, 6.45) is 8.42. The Morgan fingerprint density at radius 1 is 1.42 bits per heavy atom. The molecule has 1 aliphatic rings. The SMILES string of the molecule is CCn1nc(C)c(C(C)NCC2CC=CCC2)c1C. The summed E-state index contributed by atoms with van der Waals surface area (Å²) < 4.78 is 2.10. The van der Waals surface area contributed by atoms with Gasteiger partial charge in [0.05, 0.1) is 5.69 Å². The Kier molecular flexibility index (Phi) is 4.81. The van der Waals surface area contributed by atoms with E-state index in [4.69, 9.17) is 0 Å². The molecule has 1 aliphatic carbocycles. The van der Waals surface area contributed by atoms with Crippen molar-refractivity contribution in [3.63, 3.8) is 0 Å². The van der Waals surface area contributed by atoms with Crippen LogP contribution in [0, 0.1) is 19.8 Å². The van der Waals surface area contributed by atoms with E-state index in [-0.39, 0.29) is 0 Å². The van der Waals surface area contributed by atoms with Crippen LogP contribution in [0.15, 0.2) is 12.2 Å². The van der Waals surface area contributed by atoms with Crippen LogP contribution in [0.25, 0.3) is 0 Å². The number of aromatic nitrogens is 2. The Hall–Kier alpha value is -1.09. The lowest BCUT2D eigenvalue weighted by molar-refractivity contribution is 0.414. The van der Waals surface area contributed by atoms with Gasteiger partial charge in [-0.1, -0.05) is 12.2 Å². The predicted octanol–water partition coefficient (Wildman–Crippen LogP) is 3.53. The molecular formula is C16H27N3. The monoisotopic (exact) mass is 261 g/mol. The van der Waals surface area contributed by atoms with E-state index >= 15 is 0 Å². The first kappa shape index (κ1) is 14.3. The summed E-state index contributed by atoms with van der Waals surface area (Å²) in [5, 5.41) is 8.31. The van der Waals surface area contributed by atoms with E-state index in [0.717, 1.165) is 19.0 Å². The molecule has 2 unspecified atom stereocenters. The highest BCUT2D eigenvalue weighted by Gasteiger charge is 2.18. The number of hydrogen-bond acceptors (Lipinski definition) is 2. The highest BCUT2D eigenvalue weighted by atomic mass is 15.3. The summed E-state index contributed by atoms with van der Waals surface area (Å²) >= 11 is 0. The third kappa shape index (κ3) is 3.27. The van der Waals surface area contributed by atoms with Crippen LogP contribution in [0.2, 0.25) is 0 Å². The molecule has 2 rings (SSSR count). The van der Waals surface area contributed by atoms with Crippen molar-refractivity contribution in [2.24, 2.45) is 5.92 Å². The van der Waals surface area contributed by atoms with Crippen molar-refractivity contribution < 1.29 is 0 Å². The summed E-state index contributed by atoms with van der Waals surface area (Å²) in [5.74, 6) is 0.800. The lowest BCUT2D eigenvalue weighted by Gasteiger charge is -2.22. The third-order valence-electron chi connectivity index (χ3n) is 4.26. The van der Waals surface area contributed by atoms with Crippen LogP contribution >= 0.6 is 0 Å². The minimum Gasteiger partial charge on any atom is -0.310 e. The van der Waals surface area contributed by atoms with Gasteiger partial charge in [0, 0.05) is 23.8 Å². The molecule has 1 aromatic heterocycles. The summed E-state index contributed by atoms with van der Waals surface area (Å²) in [5.41, 5.74) is 3.86. The van der Waals surface area contributed by atoms with Gasteiger partial charge in [0.1, 0.15) is 0 Å². The molecule has 0 radical (unpaired) electrons. The molecule has 3 heteroatoms. The van der Waals surface area contributed by atoms with Crippen LogP contribution in [-0.4, -0.2) is 16.3 Å². The molecule has 0 spiro atoms. The number of hydrogen-bond donors (Lipinski definition) is 1. The maximum absolute atomic E-state index is 4.61. The number of aryl methyl sites for hydroxylation is 2. The first-order valence-electron chi connectivity index (χ1n) is 7.55. The van der Waals surface area contributed by atoms with Gasteiger partial charge < -0.3 is 5.32 Å². The molecule has 0 saturated carbocycles. The quantitative estimate of drug-likeness (QED) is 0.822. The molecule has 3 nitrogen and oxygen atoms in total. The van der Waals surface area contributed by atoms with Gasteiger partial charge in [-0.2, -0.15) is 5.10 Å². The summed E-state index contributed by atoms with van der Waals surface area (Å²) in [4.78, 5) is 0. The Balaban J connectivity index is 1.97. The van der Waals surface area contributed by atoms with Crippen LogP contribution in [0.4, 0.5) is 0 Å². The Bertz CT molecular complexity index is 445. The van der Waals surface area contributed by atoms with Gasteiger partial charge in [-0.15, -0.1) is 0 Å². The van der Waals surface area contributed by atoms with E-state index in [2.05, 4.69) is 54.9 Å². The molecule has 0 aromatic carbocycles. The molecule has 0 bridgehead atoms. The van der Waals surface area contributed by atoms with Crippen molar-refractivity contribution in [3.8, 4) is 0 Å². The number of allylic oxidation sites excluding steroid dienone is 2. The lowest BCUT2D eigenvalue weighted by atomic mass is 9.94. The van der Waals surface area contributed by atoms with Crippen LogP contribution in [0.3, 0.4) is 0 Å². The third-order valence-corrected chi connectivity index (χ3v) is 4.26. The maximum Gasteiger partial charge on any atom is 0.0644 e. The summed E-state index contributed by atoms with van der Waals surface area (Å²) in [6.45, 7) is 10.8. The molecule has 0 fully saturated rings. The van der Waals surface area contributed by atoms with Gasteiger partial charge in [0.15, 0.2) is 0 Å². The predicted molar refractivity (Wildman–Crippen MR) is 80.3 cm³/mol. The highest BCUT2D eigenvalue weighted by Crippen LogP contribution is 2.23. The van der Waals surface area contributed by atoms with E-state index in [1.807, 2.05) is 0 Å². The fourth-order valence-electron chi connectivity index (χ4n) is 3.13. The van der Waals surface area contributed by atoms with Gasteiger partial charge in [-0.05, 0) is 59.4 Å². The van der Waals surface area contributed by atoms with Crippen LogP contribution in [-0.2, 0) is 6.54 Å². The average Bonchev–Trinajstić information content (AvgIpc) is 2.72. The Morgan fingerprint density at radius 3 is 2.79 bits per heavy atom. The van der Waals surface area contributed by atoms with Crippen molar-refractivity contribution in [2.45, 2.75) is 59.5 Å². The molecule has 106 valence electrons. The van der Waals surface area contributed by atoms with Crippen molar-refractivity contribution in [1.82, 2.24) is 15.1 Å². The van der Waals surface area contributed by atoms with Crippen LogP contribution in [0.1, 0.15) is 56.1 Å². The van der Waals surface area contributed by atoms with Gasteiger partial charge in [0.2, 0.25) is 0 Å². The van der Waals surface area contributed by atoms with Crippen LogP contribution in [0.5, 0.6) is 0 Å². The van der Waals surface area contributed by atoms with E-state index in [0.29, 0.717) is 6.04 Å². The molecular weight excluding hydrogens is 234 g/mol. The second-order valence-corrected chi connectivity index (χ2v) is 5.68. The fraction of sp³-hybridized carbons (Fsp3) is 0.688. The minimum absolute atomic E-state index is 0.395. The average molecular weight is 261 g/mol. The molecule has 19 heavy (non-hydrogen) atoms. The second kappa shape index (κ2) is 6.38. The standard InChI is InChI=1S/C16H27N3/c1-5-19-14(4)16(13(3)18-19)12(2)17-11-15-9-7-6-8-10-15/h6-7,12,15,17H,5,8-11H2,1-4H3. The fourth-order valence-corrected chi connectivity index (χ4v) is 3.13. The van der Waals surface area contributed by atoms with Crippen molar-refractivity contribution >= 4 is 0 Å². The molecule has 0 saturated heterocycles. The molecule has 0 amide bonds. The zero-order valence-corrected chi connectivity index (χ0v) is 12.7. The Morgan fingerprint density at radius 2 is 2.21 bits per heavy atom. The van der Waals surface area contributed by atoms with Gasteiger partial charge in [-0.3, -0.25) is 4.68 Å². The van der Waals surface area contributed by atoms with E-state index in [1.165, 1.54) is 36.2 Å². The van der Waals surface area contributed by atoms with Gasteiger partial charge >= 0.3 is 0 Å². The minimum atomic E-state index is 0.395. The highest BCUT2D eigenvalue weighted by molar-refractivity contribution is 5.27. The van der Waals surface area contributed by atoms with Crippen molar-refractivity contribution in [3.05, 3.63) is 29.1 Å². The smallest absolute Gasteiger partial charge is 0.0644 e. The lowest BCUT2D eigenvalue weighted by Crippen LogP contribution is -2.27. The van der Waals surface area contributed by atoms with E-state index in [1.54, 1.807) is 0 Å². The van der Waals surface area contributed by atoms with Crippen molar-refractivity contribution in [1.29, 1.82) is 0 Å². The van der Waals surface area contributed by atoms with Gasteiger partial charge in [-0.25, -0.2) is 0 Å². The first-order valence-corrected chi connectivity index (χ1v) is 7.55. The van der Waals surface area contributed by atoms with E-state index in [9.17, 15) is 0 Å². The largest absolute Gasteiger partial charge is 0.310 e. The molecule has 1 N–H and O–H groups in total. The second-order valence-electron chi connectivity index (χ2n) is 5.68. The number of nitrogens with zero attached hydrogens (tertiary/aromatic N) is 2. The summed E-state index contributed by atoms with van der Waals surface area (Å²) in [6, 6.07) is 0.395. The number of nitrogens with one attached hydrogen (secondary N) is 1. The number of rotatable bonds is 5. The summed E-state index contributed by atoms with van der Waals surface area (Å²) in [7, 11) is 0. The first-order chi connectivity index (χ1) is 9.13. The zero-order chi connectivity index (χ0) is 13.8.